The van der Waals surface area contributed by atoms with Gasteiger partial charge in [-0.25, -0.2) is 26.3 Å². The molecular formula is C24H22N2O4S2. The highest BCUT2D eigenvalue weighted by molar-refractivity contribution is 7.90. The van der Waals surface area contributed by atoms with E-state index >= 15 is 0 Å². The molecule has 6 nitrogen and oxygen atoms in total. The first-order valence-electron chi connectivity index (χ1n) is 9.96. The van der Waals surface area contributed by atoms with Crippen LogP contribution >= 0.6 is 0 Å². The minimum atomic E-state index is -3.87. The monoisotopic (exact) mass is 466 g/mol. The van der Waals surface area contributed by atoms with Crippen molar-refractivity contribution >= 4 is 30.8 Å². The second-order valence-electron chi connectivity index (χ2n) is 7.23. The fourth-order valence-corrected chi connectivity index (χ4v) is 5.90. The minimum Gasteiger partial charge on any atom is -0.207 e. The topological polar surface area (TPSA) is 92.3 Å². The molecule has 4 rings (SSSR count). The van der Waals surface area contributed by atoms with Crippen LogP contribution in [0.15, 0.2) is 107 Å². The van der Waals surface area contributed by atoms with Crippen LogP contribution in [0.5, 0.6) is 0 Å². The molecule has 0 bridgehead atoms. The van der Waals surface area contributed by atoms with Crippen LogP contribution in [0.3, 0.4) is 0 Å². The molecule has 0 aliphatic carbocycles. The highest BCUT2D eigenvalue weighted by Crippen LogP contribution is 2.28. The van der Waals surface area contributed by atoms with Gasteiger partial charge in [0.05, 0.1) is 9.79 Å². The van der Waals surface area contributed by atoms with Gasteiger partial charge in [-0.1, -0.05) is 84.9 Å². The van der Waals surface area contributed by atoms with Gasteiger partial charge in [-0.3, -0.25) is 0 Å². The predicted molar refractivity (Wildman–Crippen MR) is 125 cm³/mol. The van der Waals surface area contributed by atoms with E-state index < -0.39 is 20.0 Å². The molecule has 0 aromatic heterocycles. The Labute approximate surface area is 188 Å². The summed E-state index contributed by atoms with van der Waals surface area (Å²) in [5.74, 6) is 0. The zero-order valence-corrected chi connectivity index (χ0v) is 18.7. The predicted octanol–water partition coefficient (Wildman–Crippen LogP) is 3.80. The molecule has 4 aromatic rings. The van der Waals surface area contributed by atoms with Gasteiger partial charge in [-0.2, -0.15) is 0 Å². The van der Waals surface area contributed by atoms with Crippen molar-refractivity contribution < 1.29 is 16.8 Å². The SMILES string of the molecule is O=S(=O)(NCc1ccccc1)c1cccc2c(S(=O)(=O)NCc3ccccc3)cccc12. The molecule has 0 unspecified atom stereocenters. The third-order valence-corrected chi connectivity index (χ3v) is 7.96. The van der Waals surface area contributed by atoms with Crippen LogP contribution in [-0.2, 0) is 33.1 Å². The van der Waals surface area contributed by atoms with Crippen molar-refractivity contribution in [2.75, 3.05) is 0 Å². The lowest BCUT2D eigenvalue weighted by atomic mass is 10.1. The molecule has 0 fully saturated rings. The summed E-state index contributed by atoms with van der Waals surface area (Å²) in [6.07, 6.45) is 0. The van der Waals surface area contributed by atoms with Gasteiger partial charge in [0.15, 0.2) is 0 Å². The zero-order chi connectivity index (χ0) is 22.6. The maximum atomic E-state index is 13.0. The van der Waals surface area contributed by atoms with Gasteiger partial charge in [0.1, 0.15) is 0 Å². The summed E-state index contributed by atoms with van der Waals surface area (Å²) in [5, 5.41) is 0.686. The molecule has 4 aromatic carbocycles. The molecule has 0 spiro atoms. The minimum absolute atomic E-state index is 0.0334. The number of fused-ring (bicyclic) bond motifs is 1. The van der Waals surface area contributed by atoms with Crippen LogP contribution in [0.4, 0.5) is 0 Å². The van der Waals surface area contributed by atoms with E-state index in [4.69, 9.17) is 0 Å². The number of hydrogen-bond donors (Lipinski definition) is 2. The standard InChI is InChI=1S/C24H22N2O4S2/c27-31(28,25-17-19-9-3-1-4-10-19)23-15-7-14-22-21(23)13-8-16-24(22)32(29,30)26-18-20-11-5-2-6-12-20/h1-16,25-26H,17-18H2. The third kappa shape index (κ3) is 4.89. The maximum Gasteiger partial charge on any atom is 0.241 e. The molecular weight excluding hydrogens is 444 g/mol. The van der Waals surface area contributed by atoms with Gasteiger partial charge in [-0.05, 0) is 23.3 Å². The summed E-state index contributed by atoms with van der Waals surface area (Å²) < 4.78 is 57.3. The van der Waals surface area contributed by atoms with Crippen LogP contribution in [-0.4, -0.2) is 16.8 Å². The van der Waals surface area contributed by atoms with E-state index in [2.05, 4.69) is 9.44 Å². The van der Waals surface area contributed by atoms with Gasteiger partial charge < -0.3 is 0 Å². The zero-order valence-electron chi connectivity index (χ0n) is 17.1. The van der Waals surface area contributed by atoms with Gasteiger partial charge >= 0.3 is 0 Å². The van der Waals surface area contributed by atoms with E-state index in [-0.39, 0.29) is 22.9 Å². The summed E-state index contributed by atoms with van der Waals surface area (Å²) in [6.45, 7) is 0.270. The first-order valence-corrected chi connectivity index (χ1v) is 12.9. The van der Waals surface area contributed by atoms with E-state index in [1.54, 1.807) is 24.3 Å². The summed E-state index contributed by atoms with van der Waals surface area (Å²) in [4.78, 5) is 0.0667. The van der Waals surface area contributed by atoms with E-state index in [1.165, 1.54) is 12.1 Å². The summed E-state index contributed by atoms with van der Waals surface area (Å²) >= 11 is 0. The molecule has 8 heteroatoms. The molecule has 0 aliphatic heterocycles. The Morgan fingerprint density at radius 2 is 0.844 bits per heavy atom. The van der Waals surface area contributed by atoms with Gasteiger partial charge in [0, 0.05) is 23.9 Å². The Balaban J connectivity index is 1.66. The summed E-state index contributed by atoms with van der Waals surface area (Å²) in [5.41, 5.74) is 1.65. The van der Waals surface area contributed by atoms with E-state index in [0.717, 1.165) is 11.1 Å². The van der Waals surface area contributed by atoms with Crippen LogP contribution in [0.2, 0.25) is 0 Å². The number of sulfonamides is 2. The lowest BCUT2D eigenvalue weighted by molar-refractivity contribution is 0.580. The van der Waals surface area contributed by atoms with Gasteiger partial charge in [0.25, 0.3) is 0 Å². The average molecular weight is 467 g/mol. The first-order chi connectivity index (χ1) is 15.4. The molecule has 2 N–H and O–H groups in total. The van der Waals surface area contributed by atoms with Crippen molar-refractivity contribution in [3.63, 3.8) is 0 Å². The molecule has 0 atom stereocenters. The van der Waals surface area contributed by atoms with E-state index in [0.29, 0.717) is 10.8 Å². The normalized spacial score (nSPS) is 12.1. The second-order valence-corrected chi connectivity index (χ2v) is 10.7. The van der Waals surface area contributed by atoms with Crippen molar-refractivity contribution in [2.24, 2.45) is 0 Å². The first kappa shape index (κ1) is 22.2. The quantitative estimate of drug-likeness (QED) is 0.413. The van der Waals surface area contributed by atoms with Crippen molar-refractivity contribution in [3.8, 4) is 0 Å². The molecule has 0 saturated carbocycles. The van der Waals surface area contributed by atoms with Crippen molar-refractivity contribution in [1.82, 2.24) is 9.44 Å². The van der Waals surface area contributed by atoms with Crippen molar-refractivity contribution in [2.45, 2.75) is 22.9 Å². The Bertz CT molecular complexity index is 1320. The van der Waals surface area contributed by atoms with Crippen LogP contribution < -0.4 is 9.44 Å². The average Bonchev–Trinajstić information content (AvgIpc) is 2.82. The fraction of sp³-hybridized carbons (Fsp3) is 0.0833. The van der Waals surface area contributed by atoms with Crippen molar-refractivity contribution in [1.29, 1.82) is 0 Å². The van der Waals surface area contributed by atoms with Gasteiger partial charge in [0.2, 0.25) is 20.0 Å². The highest BCUT2D eigenvalue weighted by atomic mass is 32.2. The molecule has 0 radical (unpaired) electrons. The second kappa shape index (κ2) is 9.22. The number of hydrogen-bond acceptors (Lipinski definition) is 4. The van der Waals surface area contributed by atoms with Crippen LogP contribution in [0, 0.1) is 0 Å². The molecule has 0 saturated heterocycles. The van der Waals surface area contributed by atoms with E-state index in [9.17, 15) is 16.8 Å². The van der Waals surface area contributed by atoms with Crippen LogP contribution in [0.25, 0.3) is 10.8 Å². The number of rotatable bonds is 8. The third-order valence-electron chi connectivity index (χ3n) is 5.04. The molecule has 32 heavy (non-hydrogen) atoms. The fourth-order valence-electron chi connectivity index (χ4n) is 3.42. The Kier molecular flexibility index (Phi) is 6.38. The highest BCUT2D eigenvalue weighted by Gasteiger charge is 2.22. The smallest absolute Gasteiger partial charge is 0.207 e. The number of nitrogens with one attached hydrogen (secondary N) is 2. The lowest BCUT2D eigenvalue weighted by Gasteiger charge is -2.13. The molecule has 164 valence electrons. The van der Waals surface area contributed by atoms with Crippen LogP contribution in [0.1, 0.15) is 11.1 Å². The Morgan fingerprint density at radius 3 is 1.22 bits per heavy atom. The maximum absolute atomic E-state index is 13.0. The molecule has 0 heterocycles. The van der Waals surface area contributed by atoms with Crippen molar-refractivity contribution in [3.05, 3.63) is 108 Å². The largest absolute Gasteiger partial charge is 0.241 e. The Hall–Kier alpha value is -3.04. The molecule has 0 aliphatic rings. The summed E-state index contributed by atoms with van der Waals surface area (Å²) in [6, 6.07) is 27.6. The van der Waals surface area contributed by atoms with Gasteiger partial charge in [-0.15, -0.1) is 0 Å². The Morgan fingerprint density at radius 1 is 0.469 bits per heavy atom. The number of benzene rings is 4. The van der Waals surface area contributed by atoms with E-state index in [1.807, 2.05) is 60.7 Å². The lowest BCUT2D eigenvalue weighted by Crippen LogP contribution is -2.24. The summed E-state index contributed by atoms with van der Waals surface area (Å²) in [7, 11) is -7.74. The molecule has 0 amide bonds.